The summed E-state index contributed by atoms with van der Waals surface area (Å²) in [6, 6.07) is 3.61. The van der Waals surface area contributed by atoms with E-state index in [1.165, 1.54) is 0 Å². The first kappa shape index (κ1) is 11.5. The van der Waals surface area contributed by atoms with Crippen LogP contribution in [0.2, 0.25) is 0 Å². The van der Waals surface area contributed by atoms with Crippen molar-refractivity contribution < 1.29 is 9.84 Å². The van der Waals surface area contributed by atoms with Gasteiger partial charge in [-0.2, -0.15) is 10.2 Å². The molecule has 1 aromatic heterocycles. The SMILES string of the molecule is CC(C)C(O)(c1cccnn1)C1CCCO1. The summed E-state index contributed by atoms with van der Waals surface area (Å²) in [5.41, 5.74) is -0.415. The molecule has 2 rings (SSSR count). The van der Waals surface area contributed by atoms with Crippen LogP contribution in [0.3, 0.4) is 0 Å². The molecule has 1 N–H and O–H groups in total. The normalized spacial score (nSPS) is 24.6. The maximum absolute atomic E-state index is 10.8. The fourth-order valence-electron chi connectivity index (χ4n) is 2.27. The fraction of sp³-hybridized carbons (Fsp3) is 0.667. The zero-order valence-electron chi connectivity index (χ0n) is 9.76. The number of hydrogen-bond donors (Lipinski definition) is 1. The topological polar surface area (TPSA) is 55.2 Å². The van der Waals surface area contributed by atoms with Gasteiger partial charge in [0.15, 0.2) is 0 Å². The highest BCUT2D eigenvalue weighted by Crippen LogP contribution is 2.37. The minimum atomic E-state index is -1.02. The molecule has 4 heteroatoms. The maximum atomic E-state index is 10.8. The van der Waals surface area contributed by atoms with Crippen LogP contribution in [-0.2, 0) is 10.3 Å². The van der Waals surface area contributed by atoms with Crippen LogP contribution >= 0.6 is 0 Å². The molecule has 16 heavy (non-hydrogen) atoms. The average molecular weight is 222 g/mol. The van der Waals surface area contributed by atoms with Gasteiger partial charge in [0.05, 0.1) is 11.8 Å². The molecule has 0 radical (unpaired) electrons. The quantitative estimate of drug-likeness (QED) is 0.842. The summed E-state index contributed by atoms with van der Waals surface area (Å²) in [6.45, 7) is 4.69. The first-order chi connectivity index (χ1) is 7.65. The predicted octanol–water partition coefficient (Wildman–Crippen LogP) is 1.50. The van der Waals surface area contributed by atoms with Crippen LogP contribution in [0.5, 0.6) is 0 Å². The van der Waals surface area contributed by atoms with Crippen molar-refractivity contribution in [3.8, 4) is 0 Å². The van der Waals surface area contributed by atoms with Gasteiger partial charge in [0.2, 0.25) is 0 Å². The Balaban J connectivity index is 2.35. The van der Waals surface area contributed by atoms with Gasteiger partial charge in [-0.15, -0.1) is 0 Å². The van der Waals surface area contributed by atoms with Gasteiger partial charge in [-0.05, 0) is 30.9 Å². The van der Waals surface area contributed by atoms with E-state index in [0.29, 0.717) is 5.69 Å². The van der Waals surface area contributed by atoms with Crippen LogP contribution < -0.4 is 0 Å². The van der Waals surface area contributed by atoms with E-state index in [4.69, 9.17) is 4.74 Å². The average Bonchev–Trinajstić information content (AvgIpc) is 2.82. The van der Waals surface area contributed by atoms with Crippen LogP contribution in [0.4, 0.5) is 0 Å². The lowest BCUT2D eigenvalue weighted by Gasteiger charge is -2.35. The van der Waals surface area contributed by atoms with Gasteiger partial charge in [-0.25, -0.2) is 0 Å². The Labute approximate surface area is 95.7 Å². The second kappa shape index (κ2) is 4.47. The second-order valence-electron chi connectivity index (χ2n) is 4.59. The molecule has 1 aliphatic rings. The van der Waals surface area contributed by atoms with Gasteiger partial charge < -0.3 is 9.84 Å². The van der Waals surface area contributed by atoms with E-state index in [9.17, 15) is 5.11 Å². The molecule has 1 aliphatic heterocycles. The molecule has 0 saturated carbocycles. The van der Waals surface area contributed by atoms with E-state index >= 15 is 0 Å². The summed E-state index contributed by atoms with van der Waals surface area (Å²) in [7, 11) is 0. The Morgan fingerprint density at radius 1 is 1.56 bits per heavy atom. The van der Waals surface area contributed by atoms with Gasteiger partial charge in [-0.1, -0.05) is 13.8 Å². The minimum Gasteiger partial charge on any atom is -0.380 e. The highest BCUT2D eigenvalue weighted by atomic mass is 16.5. The molecule has 0 aromatic carbocycles. The van der Waals surface area contributed by atoms with Gasteiger partial charge in [0.25, 0.3) is 0 Å². The van der Waals surface area contributed by atoms with Gasteiger partial charge >= 0.3 is 0 Å². The number of aromatic nitrogens is 2. The molecule has 4 nitrogen and oxygen atoms in total. The molecular formula is C12H18N2O2. The second-order valence-corrected chi connectivity index (χ2v) is 4.59. The third-order valence-electron chi connectivity index (χ3n) is 3.28. The summed E-state index contributed by atoms with van der Waals surface area (Å²) < 4.78 is 5.62. The van der Waals surface area contributed by atoms with E-state index in [2.05, 4.69) is 10.2 Å². The Morgan fingerprint density at radius 2 is 2.38 bits per heavy atom. The number of nitrogens with zero attached hydrogens (tertiary/aromatic N) is 2. The van der Waals surface area contributed by atoms with Crippen molar-refractivity contribution in [2.24, 2.45) is 5.92 Å². The summed E-state index contributed by atoms with van der Waals surface area (Å²) in [5, 5.41) is 18.7. The van der Waals surface area contributed by atoms with Crippen LogP contribution in [-0.4, -0.2) is 28.0 Å². The van der Waals surface area contributed by atoms with Crippen molar-refractivity contribution in [3.05, 3.63) is 24.0 Å². The standard InChI is InChI=1S/C12H18N2O2/c1-9(2)12(15,11-6-4-8-16-11)10-5-3-7-13-14-10/h3,5,7,9,11,15H,4,6,8H2,1-2H3. The highest BCUT2D eigenvalue weighted by Gasteiger charge is 2.45. The Morgan fingerprint density at radius 3 is 2.88 bits per heavy atom. The molecule has 2 atom stereocenters. The number of hydrogen-bond acceptors (Lipinski definition) is 4. The number of ether oxygens (including phenoxy) is 1. The zero-order valence-corrected chi connectivity index (χ0v) is 9.76. The molecule has 88 valence electrons. The Bertz CT molecular complexity index is 336. The van der Waals surface area contributed by atoms with Crippen LogP contribution in [0.25, 0.3) is 0 Å². The van der Waals surface area contributed by atoms with Crippen molar-refractivity contribution in [2.45, 2.75) is 38.4 Å². The molecule has 1 saturated heterocycles. The van der Waals surface area contributed by atoms with Crippen LogP contribution in [0, 0.1) is 5.92 Å². The van der Waals surface area contributed by atoms with E-state index in [0.717, 1.165) is 19.4 Å². The van der Waals surface area contributed by atoms with Crippen molar-refractivity contribution in [1.29, 1.82) is 0 Å². The van der Waals surface area contributed by atoms with Crippen LogP contribution in [0.15, 0.2) is 18.3 Å². The third-order valence-corrected chi connectivity index (χ3v) is 3.28. The van der Waals surface area contributed by atoms with Gasteiger partial charge in [-0.3, -0.25) is 0 Å². The van der Waals surface area contributed by atoms with Crippen molar-refractivity contribution in [3.63, 3.8) is 0 Å². The first-order valence-electron chi connectivity index (χ1n) is 5.78. The van der Waals surface area contributed by atoms with Crippen LogP contribution in [0.1, 0.15) is 32.4 Å². The predicted molar refractivity (Wildman–Crippen MR) is 59.7 cm³/mol. The maximum Gasteiger partial charge on any atom is 0.137 e. The summed E-state index contributed by atoms with van der Waals surface area (Å²) in [6.07, 6.45) is 3.33. The van der Waals surface area contributed by atoms with Crippen molar-refractivity contribution in [2.75, 3.05) is 6.61 Å². The third kappa shape index (κ3) is 1.83. The van der Waals surface area contributed by atoms with E-state index < -0.39 is 5.60 Å². The Hall–Kier alpha value is -1.00. The molecule has 2 unspecified atom stereocenters. The molecule has 1 aromatic rings. The lowest BCUT2D eigenvalue weighted by atomic mass is 9.81. The fourth-order valence-corrected chi connectivity index (χ4v) is 2.27. The minimum absolute atomic E-state index is 0.0484. The van der Waals surface area contributed by atoms with E-state index in [-0.39, 0.29) is 12.0 Å². The number of rotatable bonds is 3. The summed E-state index contributed by atoms with van der Waals surface area (Å²) in [4.78, 5) is 0. The first-order valence-corrected chi connectivity index (χ1v) is 5.78. The molecule has 0 bridgehead atoms. The van der Waals surface area contributed by atoms with E-state index in [1.807, 2.05) is 19.9 Å². The smallest absolute Gasteiger partial charge is 0.137 e. The lowest BCUT2D eigenvalue weighted by molar-refractivity contribution is -0.122. The summed E-state index contributed by atoms with van der Waals surface area (Å²) >= 11 is 0. The van der Waals surface area contributed by atoms with Crippen molar-refractivity contribution >= 4 is 0 Å². The van der Waals surface area contributed by atoms with E-state index in [1.54, 1.807) is 12.3 Å². The van der Waals surface area contributed by atoms with Gasteiger partial charge in [0, 0.05) is 12.8 Å². The van der Waals surface area contributed by atoms with Gasteiger partial charge in [0.1, 0.15) is 5.60 Å². The number of aliphatic hydroxyl groups is 1. The molecule has 1 fully saturated rings. The van der Waals surface area contributed by atoms with Crippen molar-refractivity contribution in [1.82, 2.24) is 10.2 Å². The summed E-state index contributed by atoms with van der Waals surface area (Å²) in [5.74, 6) is 0.0484. The molecule has 0 amide bonds. The molecule has 0 aliphatic carbocycles. The Kier molecular flexibility index (Phi) is 3.21. The largest absolute Gasteiger partial charge is 0.380 e. The molecular weight excluding hydrogens is 204 g/mol. The lowest BCUT2D eigenvalue weighted by Crippen LogP contribution is -2.44. The monoisotopic (exact) mass is 222 g/mol. The highest BCUT2D eigenvalue weighted by molar-refractivity contribution is 5.14. The zero-order chi connectivity index (χ0) is 11.6. The molecule has 0 spiro atoms. The molecule has 2 heterocycles.